The Hall–Kier alpha value is -2.90. The quantitative estimate of drug-likeness (QED) is 0.633. The van der Waals surface area contributed by atoms with Crippen molar-refractivity contribution >= 4 is 10.8 Å². The van der Waals surface area contributed by atoms with Crippen molar-refractivity contribution in [1.82, 2.24) is 14.9 Å². The fraction of sp³-hybridized carbons (Fsp3) is 0.440. The summed E-state index contributed by atoms with van der Waals surface area (Å²) < 4.78 is 16.3. The third kappa shape index (κ3) is 3.45. The number of nitrogens with zero attached hydrogens (tertiary/aromatic N) is 3. The van der Waals surface area contributed by atoms with Gasteiger partial charge in [0.25, 0.3) is 0 Å². The van der Waals surface area contributed by atoms with Crippen molar-refractivity contribution in [3.05, 3.63) is 53.7 Å². The first kappa shape index (κ1) is 21.0. The van der Waals surface area contributed by atoms with Gasteiger partial charge in [0.15, 0.2) is 0 Å². The SMILES string of the molecule is COc1ncc(C2(O)CC3CCC(C2)N3Cc2c(OC)ccc3ccccc23)c(OC)n1. The number of methoxy groups -OCH3 is 3. The van der Waals surface area contributed by atoms with Gasteiger partial charge >= 0.3 is 6.01 Å². The average molecular weight is 436 g/mol. The number of hydrogen-bond acceptors (Lipinski definition) is 7. The topological polar surface area (TPSA) is 76.9 Å². The molecule has 5 rings (SSSR count). The molecule has 2 unspecified atom stereocenters. The van der Waals surface area contributed by atoms with E-state index in [0.29, 0.717) is 24.3 Å². The smallest absolute Gasteiger partial charge is 0.319 e. The Balaban J connectivity index is 1.45. The standard InChI is InChI=1S/C25H29N3O4/c1-30-22-11-8-16-6-4-5-7-19(16)20(22)15-28-17-9-10-18(28)13-25(29,12-17)21-14-26-24(32-3)27-23(21)31-2/h4-8,11,14,17-18,29H,9-10,12-13,15H2,1-3H3. The van der Waals surface area contributed by atoms with Crippen molar-refractivity contribution in [3.63, 3.8) is 0 Å². The van der Waals surface area contributed by atoms with Crippen LogP contribution in [0.3, 0.4) is 0 Å². The molecule has 1 N–H and O–H groups in total. The molecule has 0 spiro atoms. The summed E-state index contributed by atoms with van der Waals surface area (Å²) in [5, 5.41) is 14.1. The van der Waals surface area contributed by atoms with Gasteiger partial charge in [0.2, 0.25) is 5.88 Å². The Labute approximate surface area is 188 Å². The van der Waals surface area contributed by atoms with Gasteiger partial charge in [-0.2, -0.15) is 4.98 Å². The molecule has 3 heterocycles. The Morgan fingerprint density at radius 2 is 1.75 bits per heavy atom. The van der Waals surface area contributed by atoms with E-state index in [1.54, 1.807) is 20.4 Å². The monoisotopic (exact) mass is 435 g/mol. The van der Waals surface area contributed by atoms with Gasteiger partial charge in [-0.1, -0.05) is 30.3 Å². The lowest BCUT2D eigenvalue weighted by atomic mass is 9.81. The number of aromatic nitrogens is 2. The molecule has 7 nitrogen and oxygen atoms in total. The first-order chi connectivity index (χ1) is 15.6. The van der Waals surface area contributed by atoms with Crippen LogP contribution in [0.2, 0.25) is 0 Å². The number of fused-ring (bicyclic) bond motifs is 3. The first-order valence-electron chi connectivity index (χ1n) is 11.0. The molecule has 0 saturated carbocycles. The van der Waals surface area contributed by atoms with E-state index >= 15 is 0 Å². The van der Waals surface area contributed by atoms with Crippen molar-refractivity contribution in [3.8, 4) is 17.6 Å². The second-order valence-electron chi connectivity index (χ2n) is 8.74. The fourth-order valence-electron chi connectivity index (χ4n) is 5.57. The van der Waals surface area contributed by atoms with E-state index in [0.717, 1.165) is 25.1 Å². The van der Waals surface area contributed by atoms with Crippen LogP contribution in [0.1, 0.15) is 36.8 Å². The van der Waals surface area contributed by atoms with Gasteiger partial charge < -0.3 is 19.3 Å². The van der Waals surface area contributed by atoms with Gasteiger partial charge in [-0.05, 0) is 42.5 Å². The highest BCUT2D eigenvalue weighted by Gasteiger charge is 2.49. The van der Waals surface area contributed by atoms with Crippen molar-refractivity contribution in [1.29, 1.82) is 0 Å². The van der Waals surface area contributed by atoms with Crippen LogP contribution in [-0.4, -0.2) is 53.4 Å². The molecular formula is C25H29N3O4. The van der Waals surface area contributed by atoms with Crippen LogP contribution in [-0.2, 0) is 12.1 Å². The van der Waals surface area contributed by atoms with Gasteiger partial charge in [0.1, 0.15) is 5.75 Å². The zero-order chi connectivity index (χ0) is 22.3. The van der Waals surface area contributed by atoms with Crippen LogP contribution in [0, 0.1) is 0 Å². The highest BCUT2D eigenvalue weighted by Crippen LogP contribution is 2.48. The molecule has 2 atom stereocenters. The molecule has 2 bridgehead atoms. The number of aliphatic hydroxyl groups is 1. The largest absolute Gasteiger partial charge is 0.496 e. The number of benzene rings is 2. The third-order valence-electron chi connectivity index (χ3n) is 7.08. The molecule has 2 aliphatic heterocycles. The molecule has 2 aliphatic rings. The van der Waals surface area contributed by atoms with Crippen molar-refractivity contribution in [2.45, 2.75) is 49.9 Å². The highest BCUT2D eigenvalue weighted by atomic mass is 16.5. The van der Waals surface area contributed by atoms with Crippen LogP contribution in [0.5, 0.6) is 17.6 Å². The second kappa shape index (κ2) is 8.22. The normalized spacial score (nSPS) is 25.1. The summed E-state index contributed by atoms with van der Waals surface area (Å²) in [4.78, 5) is 11.1. The van der Waals surface area contributed by atoms with E-state index in [2.05, 4.69) is 51.3 Å². The lowest BCUT2D eigenvalue weighted by Gasteiger charge is -2.44. The average Bonchev–Trinajstić information content (AvgIpc) is 3.07. The Bertz CT molecular complexity index is 1120. The second-order valence-corrected chi connectivity index (χ2v) is 8.74. The van der Waals surface area contributed by atoms with E-state index in [-0.39, 0.29) is 18.1 Å². The van der Waals surface area contributed by atoms with E-state index in [1.165, 1.54) is 23.4 Å². The number of rotatable bonds is 6. The molecule has 7 heteroatoms. The van der Waals surface area contributed by atoms with E-state index in [9.17, 15) is 5.11 Å². The molecule has 0 amide bonds. The summed E-state index contributed by atoms with van der Waals surface area (Å²) in [6, 6.07) is 13.3. The van der Waals surface area contributed by atoms with Crippen molar-refractivity contribution in [2.24, 2.45) is 0 Å². The van der Waals surface area contributed by atoms with Crippen LogP contribution in [0.25, 0.3) is 10.8 Å². The molecule has 2 saturated heterocycles. The number of piperidine rings is 1. The van der Waals surface area contributed by atoms with Crippen LogP contribution < -0.4 is 14.2 Å². The van der Waals surface area contributed by atoms with Gasteiger partial charge in [0.05, 0.1) is 32.5 Å². The maximum absolute atomic E-state index is 11.7. The zero-order valence-electron chi connectivity index (χ0n) is 18.7. The molecular weight excluding hydrogens is 406 g/mol. The molecule has 2 fully saturated rings. The van der Waals surface area contributed by atoms with Gasteiger partial charge in [-0.25, -0.2) is 4.98 Å². The maximum Gasteiger partial charge on any atom is 0.319 e. The van der Waals surface area contributed by atoms with Gasteiger partial charge in [0, 0.05) is 30.4 Å². The van der Waals surface area contributed by atoms with Crippen LogP contribution in [0.15, 0.2) is 42.6 Å². The Kier molecular flexibility index (Phi) is 5.39. The minimum atomic E-state index is -1.03. The van der Waals surface area contributed by atoms with Crippen LogP contribution in [0.4, 0.5) is 0 Å². The number of hydrogen-bond donors (Lipinski definition) is 1. The molecule has 0 radical (unpaired) electrons. The minimum absolute atomic E-state index is 0.234. The van der Waals surface area contributed by atoms with Crippen LogP contribution >= 0.6 is 0 Å². The number of ether oxygens (including phenoxy) is 3. The minimum Gasteiger partial charge on any atom is -0.496 e. The summed E-state index contributed by atoms with van der Waals surface area (Å²) in [7, 11) is 4.81. The molecule has 0 aliphatic carbocycles. The zero-order valence-corrected chi connectivity index (χ0v) is 18.7. The Morgan fingerprint density at radius 3 is 2.44 bits per heavy atom. The lowest BCUT2D eigenvalue weighted by Crippen LogP contribution is -2.49. The van der Waals surface area contributed by atoms with Crippen molar-refractivity contribution < 1.29 is 19.3 Å². The lowest BCUT2D eigenvalue weighted by molar-refractivity contribution is -0.0612. The molecule has 3 aromatic rings. The maximum atomic E-state index is 11.7. The van der Waals surface area contributed by atoms with Crippen molar-refractivity contribution in [2.75, 3.05) is 21.3 Å². The van der Waals surface area contributed by atoms with Gasteiger partial charge in [-0.3, -0.25) is 4.90 Å². The predicted molar refractivity (Wildman–Crippen MR) is 121 cm³/mol. The summed E-state index contributed by atoms with van der Waals surface area (Å²) in [5.74, 6) is 1.29. The molecule has 1 aromatic heterocycles. The molecule has 2 aromatic carbocycles. The summed E-state index contributed by atoms with van der Waals surface area (Å²) in [6.45, 7) is 0.798. The first-order valence-corrected chi connectivity index (χ1v) is 11.0. The van der Waals surface area contributed by atoms with E-state index in [1.807, 2.05) is 0 Å². The van der Waals surface area contributed by atoms with Gasteiger partial charge in [-0.15, -0.1) is 0 Å². The molecule has 32 heavy (non-hydrogen) atoms. The highest BCUT2D eigenvalue weighted by molar-refractivity contribution is 5.87. The summed E-state index contributed by atoms with van der Waals surface area (Å²) in [5.41, 5.74) is 0.821. The van der Waals surface area contributed by atoms with E-state index in [4.69, 9.17) is 14.2 Å². The fourth-order valence-corrected chi connectivity index (χ4v) is 5.57. The Morgan fingerprint density at radius 1 is 1.00 bits per heavy atom. The van der Waals surface area contributed by atoms with E-state index < -0.39 is 5.60 Å². The third-order valence-corrected chi connectivity index (χ3v) is 7.08. The molecule has 168 valence electrons. The summed E-state index contributed by atoms with van der Waals surface area (Å²) in [6.07, 6.45) is 4.98. The summed E-state index contributed by atoms with van der Waals surface area (Å²) >= 11 is 0. The predicted octanol–water partition coefficient (Wildman–Crippen LogP) is 3.67.